The van der Waals surface area contributed by atoms with Crippen LogP contribution < -0.4 is 0 Å². The molecule has 0 saturated heterocycles. The molecule has 0 aliphatic heterocycles. The minimum atomic E-state index is -0.116. The molecule has 0 aliphatic carbocycles. The summed E-state index contributed by atoms with van der Waals surface area (Å²) >= 11 is 3.74. The summed E-state index contributed by atoms with van der Waals surface area (Å²) in [7, 11) is 0. The van der Waals surface area contributed by atoms with Gasteiger partial charge < -0.3 is 0 Å². The van der Waals surface area contributed by atoms with Gasteiger partial charge in [-0.25, -0.2) is 0 Å². The fraction of sp³-hybridized carbons (Fsp3) is 0.857. The minimum absolute atomic E-state index is 0.116. The third-order valence-electron chi connectivity index (χ3n) is 0.687. The zero-order valence-electron chi connectivity index (χ0n) is 6.39. The Morgan fingerprint density at radius 2 is 1.67 bits per heavy atom. The maximum absolute atomic E-state index is 7.82. The van der Waals surface area contributed by atoms with E-state index in [0.29, 0.717) is 0 Å². The molecule has 0 spiro atoms. The van der Waals surface area contributed by atoms with Crippen molar-refractivity contribution in [2.75, 3.05) is 0 Å². The van der Waals surface area contributed by atoms with Gasteiger partial charge in [0.05, 0.1) is 11.3 Å². The van der Waals surface area contributed by atoms with Crippen LogP contribution in [0, 0.1) is 11.3 Å². The second kappa shape index (κ2) is 10.8. The SMILES string of the molecule is CC(S)C#N.CCCC. The molecule has 54 valence electrons. The van der Waals surface area contributed by atoms with Crippen LogP contribution in [0.5, 0.6) is 0 Å². The Bertz CT molecular complexity index is 71.5. The summed E-state index contributed by atoms with van der Waals surface area (Å²) < 4.78 is 0. The summed E-state index contributed by atoms with van der Waals surface area (Å²) in [5, 5.41) is 7.70. The van der Waals surface area contributed by atoms with Crippen molar-refractivity contribution in [3.8, 4) is 6.07 Å². The quantitative estimate of drug-likeness (QED) is 0.563. The Balaban J connectivity index is 0. The molecule has 9 heavy (non-hydrogen) atoms. The summed E-state index contributed by atoms with van der Waals surface area (Å²) in [5.74, 6) is 0. The highest BCUT2D eigenvalue weighted by molar-refractivity contribution is 7.81. The molecule has 2 heteroatoms. The van der Waals surface area contributed by atoms with E-state index >= 15 is 0 Å². The molecule has 1 unspecified atom stereocenters. The van der Waals surface area contributed by atoms with Crippen LogP contribution in [0.2, 0.25) is 0 Å². The van der Waals surface area contributed by atoms with Gasteiger partial charge in [-0.15, -0.1) is 0 Å². The fourth-order valence-electron chi connectivity index (χ4n) is 0. The number of nitrogens with zero attached hydrogens (tertiary/aromatic N) is 1. The molecule has 0 radical (unpaired) electrons. The number of thiol groups is 1. The molecule has 0 aromatic rings. The highest BCUT2D eigenvalue weighted by Gasteiger charge is 1.79. The number of nitriles is 1. The van der Waals surface area contributed by atoms with E-state index in [-0.39, 0.29) is 5.25 Å². The van der Waals surface area contributed by atoms with Gasteiger partial charge in [0.25, 0.3) is 0 Å². The lowest BCUT2D eigenvalue weighted by Crippen LogP contribution is -1.77. The van der Waals surface area contributed by atoms with Crippen molar-refractivity contribution in [3.05, 3.63) is 0 Å². The largest absolute Gasteiger partial charge is 0.197 e. The van der Waals surface area contributed by atoms with Crippen molar-refractivity contribution in [2.24, 2.45) is 0 Å². The van der Waals surface area contributed by atoms with Gasteiger partial charge in [0.2, 0.25) is 0 Å². The second-order valence-electron chi connectivity index (χ2n) is 1.81. The van der Waals surface area contributed by atoms with Crippen molar-refractivity contribution < 1.29 is 0 Å². The van der Waals surface area contributed by atoms with Gasteiger partial charge in [-0.1, -0.05) is 26.7 Å². The molecule has 0 bridgehead atoms. The number of rotatable bonds is 1. The lowest BCUT2D eigenvalue weighted by molar-refractivity contribution is 0.886. The lowest BCUT2D eigenvalue weighted by Gasteiger charge is -1.75. The predicted molar refractivity (Wildman–Crippen MR) is 44.6 cm³/mol. The molecule has 0 aromatic heterocycles. The average Bonchev–Trinajstić information content (AvgIpc) is 1.89. The molecule has 0 aromatic carbocycles. The molecule has 1 nitrogen and oxygen atoms in total. The van der Waals surface area contributed by atoms with Crippen LogP contribution in [0.4, 0.5) is 0 Å². The van der Waals surface area contributed by atoms with E-state index in [4.69, 9.17) is 5.26 Å². The highest BCUT2D eigenvalue weighted by Crippen LogP contribution is 1.84. The molecule has 0 saturated carbocycles. The molecule has 1 atom stereocenters. The molecular weight excluding hydrogens is 130 g/mol. The van der Waals surface area contributed by atoms with Crippen LogP contribution in [0.15, 0.2) is 0 Å². The second-order valence-corrected chi connectivity index (χ2v) is 2.58. The zero-order chi connectivity index (χ0) is 7.70. The monoisotopic (exact) mass is 145 g/mol. The first kappa shape index (κ1) is 11.6. The summed E-state index contributed by atoms with van der Waals surface area (Å²) in [6, 6.07) is 1.89. The van der Waals surface area contributed by atoms with Crippen LogP contribution >= 0.6 is 12.6 Å². The van der Waals surface area contributed by atoms with Crippen molar-refractivity contribution in [1.82, 2.24) is 0 Å². The van der Waals surface area contributed by atoms with E-state index in [1.807, 2.05) is 6.07 Å². The lowest BCUT2D eigenvalue weighted by atomic mass is 10.4. The van der Waals surface area contributed by atoms with Crippen LogP contribution in [-0.4, -0.2) is 5.25 Å². The first-order chi connectivity index (χ1) is 4.18. The van der Waals surface area contributed by atoms with Crippen LogP contribution in [0.3, 0.4) is 0 Å². The van der Waals surface area contributed by atoms with Crippen molar-refractivity contribution in [1.29, 1.82) is 5.26 Å². The Morgan fingerprint density at radius 1 is 1.44 bits per heavy atom. The van der Waals surface area contributed by atoms with E-state index in [1.165, 1.54) is 12.8 Å². The van der Waals surface area contributed by atoms with Crippen LogP contribution in [0.25, 0.3) is 0 Å². The smallest absolute Gasteiger partial charge is 0.0858 e. The average molecular weight is 145 g/mol. The molecule has 0 rings (SSSR count). The van der Waals surface area contributed by atoms with Crippen molar-refractivity contribution in [2.45, 2.75) is 38.9 Å². The predicted octanol–water partition coefficient (Wildman–Crippen LogP) is 2.63. The van der Waals surface area contributed by atoms with Crippen molar-refractivity contribution >= 4 is 12.6 Å². The fourth-order valence-corrected chi connectivity index (χ4v) is 0. The third-order valence-corrected chi connectivity index (χ3v) is 0.802. The normalized spacial score (nSPS) is 10.6. The summed E-state index contributed by atoms with van der Waals surface area (Å²) in [5.41, 5.74) is 0. The van der Waals surface area contributed by atoms with Gasteiger partial charge in [0, 0.05) is 0 Å². The maximum atomic E-state index is 7.82. The van der Waals surface area contributed by atoms with Gasteiger partial charge in [0.1, 0.15) is 0 Å². The van der Waals surface area contributed by atoms with E-state index < -0.39 is 0 Å². The molecule has 0 amide bonds. The zero-order valence-corrected chi connectivity index (χ0v) is 7.28. The molecule has 0 N–H and O–H groups in total. The number of hydrogen-bond donors (Lipinski definition) is 1. The summed E-state index contributed by atoms with van der Waals surface area (Å²) in [4.78, 5) is 0. The molecule has 0 heterocycles. The molecule has 0 fully saturated rings. The van der Waals surface area contributed by atoms with Gasteiger partial charge in [-0.3, -0.25) is 0 Å². The first-order valence-corrected chi connectivity index (χ1v) is 3.78. The standard InChI is InChI=1S/C4H10.C3H5NS/c1-3-4-2;1-3(5)2-4/h3-4H2,1-2H3;3,5H,1H3. The van der Waals surface area contributed by atoms with Gasteiger partial charge in [0.15, 0.2) is 0 Å². The van der Waals surface area contributed by atoms with Crippen LogP contribution in [0.1, 0.15) is 33.6 Å². The first-order valence-electron chi connectivity index (χ1n) is 3.26. The molecular formula is C7H15NS. The van der Waals surface area contributed by atoms with Gasteiger partial charge in [-0.2, -0.15) is 17.9 Å². The van der Waals surface area contributed by atoms with Crippen LogP contribution in [-0.2, 0) is 0 Å². The number of hydrogen-bond acceptors (Lipinski definition) is 2. The molecule has 0 aliphatic rings. The van der Waals surface area contributed by atoms with E-state index in [0.717, 1.165) is 0 Å². The number of unbranched alkanes of at least 4 members (excludes halogenated alkanes) is 1. The minimum Gasteiger partial charge on any atom is -0.197 e. The van der Waals surface area contributed by atoms with Crippen molar-refractivity contribution in [3.63, 3.8) is 0 Å². The van der Waals surface area contributed by atoms with E-state index in [9.17, 15) is 0 Å². The Kier molecular flexibility index (Phi) is 13.9. The summed E-state index contributed by atoms with van der Waals surface area (Å²) in [6.45, 7) is 6.09. The Morgan fingerprint density at radius 3 is 1.67 bits per heavy atom. The Labute approximate surface area is 63.5 Å². The van der Waals surface area contributed by atoms with E-state index in [2.05, 4.69) is 26.5 Å². The van der Waals surface area contributed by atoms with Gasteiger partial charge in [-0.05, 0) is 6.92 Å². The van der Waals surface area contributed by atoms with E-state index in [1.54, 1.807) is 6.92 Å². The maximum Gasteiger partial charge on any atom is 0.0858 e. The third kappa shape index (κ3) is 33.2. The topological polar surface area (TPSA) is 23.8 Å². The Hall–Kier alpha value is -0.160. The van der Waals surface area contributed by atoms with Gasteiger partial charge >= 0.3 is 0 Å². The summed E-state index contributed by atoms with van der Waals surface area (Å²) in [6.07, 6.45) is 2.64. The highest BCUT2D eigenvalue weighted by atomic mass is 32.1.